The van der Waals surface area contributed by atoms with Crippen LogP contribution in [-0.2, 0) is 0 Å². The Morgan fingerprint density at radius 3 is 2.24 bits per heavy atom. The Morgan fingerprint density at radius 1 is 1.12 bits per heavy atom. The number of ether oxygens (including phenoxy) is 1. The van der Waals surface area contributed by atoms with Crippen LogP contribution in [0.5, 0.6) is 5.75 Å². The minimum atomic E-state index is 0.328. The maximum Gasteiger partial charge on any atom is 0.147 e. The molecule has 0 unspecified atom stereocenters. The number of halogens is 3. The third kappa shape index (κ3) is 3.27. The van der Waals surface area contributed by atoms with Crippen molar-refractivity contribution in [3.05, 3.63) is 27.1 Å². The minimum absolute atomic E-state index is 0.328. The van der Waals surface area contributed by atoms with Crippen LogP contribution in [0.25, 0.3) is 0 Å². The lowest BCUT2D eigenvalue weighted by Crippen LogP contribution is -2.27. The van der Waals surface area contributed by atoms with Crippen molar-refractivity contribution in [2.75, 3.05) is 11.9 Å². The van der Waals surface area contributed by atoms with Crippen molar-refractivity contribution in [2.24, 2.45) is 5.41 Å². The Kier molecular flexibility index (Phi) is 4.96. The van der Waals surface area contributed by atoms with E-state index in [-0.39, 0.29) is 0 Å². The first-order chi connectivity index (χ1) is 8.17. The van der Waals surface area contributed by atoms with Crippen molar-refractivity contribution in [3.63, 3.8) is 0 Å². The second-order valence-corrected chi connectivity index (χ2v) is 6.95. The molecule has 94 valence electrons. The van der Waals surface area contributed by atoms with Crippen LogP contribution in [0.4, 0.5) is 0 Å². The van der Waals surface area contributed by atoms with Crippen LogP contribution in [0.3, 0.4) is 0 Å². The van der Waals surface area contributed by atoms with E-state index < -0.39 is 0 Å². The molecule has 0 N–H and O–H groups in total. The Morgan fingerprint density at radius 2 is 1.71 bits per heavy atom. The molecule has 1 fully saturated rings. The first-order valence-electron chi connectivity index (χ1n) is 5.80. The molecule has 1 nitrogen and oxygen atoms in total. The van der Waals surface area contributed by atoms with Gasteiger partial charge in [-0.2, -0.15) is 0 Å². The fourth-order valence-corrected chi connectivity index (χ4v) is 4.24. The number of para-hydroxylation sites is 1. The van der Waals surface area contributed by atoms with Gasteiger partial charge in [-0.3, -0.25) is 0 Å². The fourth-order valence-electron chi connectivity index (χ4n) is 2.29. The highest BCUT2D eigenvalue weighted by Gasteiger charge is 2.33. The van der Waals surface area contributed by atoms with Gasteiger partial charge in [-0.15, -0.1) is 0 Å². The fraction of sp³-hybridized carbons (Fsp3) is 0.538. The standard InChI is InChI=1S/C13H15Br3O/c14-8-13(6-1-2-7-13)9-17-12-10(15)4-3-5-11(12)16/h3-5H,1-2,6-9H2. The molecule has 0 spiro atoms. The molecule has 1 aliphatic rings. The summed E-state index contributed by atoms with van der Waals surface area (Å²) in [4.78, 5) is 0. The average Bonchev–Trinajstić information content (AvgIpc) is 2.78. The van der Waals surface area contributed by atoms with E-state index in [0.29, 0.717) is 5.41 Å². The Bertz CT molecular complexity index is 366. The van der Waals surface area contributed by atoms with Crippen molar-refractivity contribution >= 4 is 47.8 Å². The van der Waals surface area contributed by atoms with Gasteiger partial charge >= 0.3 is 0 Å². The van der Waals surface area contributed by atoms with E-state index in [9.17, 15) is 0 Å². The number of rotatable bonds is 4. The Hall–Kier alpha value is 0.460. The van der Waals surface area contributed by atoms with Crippen molar-refractivity contribution in [1.29, 1.82) is 0 Å². The van der Waals surface area contributed by atoms with E-state index in [4.69, 9.17) is 4.74 Å². The van der Waals surface area contributed by atoms with Crippen LogP contribution in [0, 0.1) is 5.41 Å². The largest absolute Gasteiger partial charge is 0.491 e. The van der Waals surface area contributed by atoms with Gasteiger partial charge in [-0.05, 0) is 56.8 Å². The van der Waals surface area contributed by atoms with E-state index in [1.165, 1.54) is 25.7 Å². The van der Waals surface area contributed by atoms with Gasteiger partial charge in [0, 0.05) is 10.7 Å². The quantitative estimate of drug-likeness (QED) is 0.574. The van der Waals surface area contributed by atoms with Gasteiger partial charge in [0.1, 0.15) is 5.75 Å². The van der Waals surface area contributed by atoms with Gasteiger partial charge in [0.25, 0.3) is 0 Å². The van der Waals surface area contributed by atoms with Gasteiger partial charge in [0.2, 0.25) is 0 Å². The topological polar surface area (TPSA) is 9.23 Å². The zero-order valence-corrected chi connectivity index (χ0v) is 14.3. The van der Waals surface area contributed by atoms with Crippen LogP contribution in [0.2, 0.25) is 0 Å². The molecule has 1 aliphatic carbocycles. The molecule has 1 saturated carbocycles. The molecule has 0 radical (unpaired) electrons. The molecule has 0 bridgehead atoms. The molecule has 0 amide bonds. The average molecular weight is 427 g/mol. The van der Waals surface area contributed by atoms with Crippen LogP contribution in [-0.4, -0.2) is 11.9 Å². The molecule has 0 heterocycles. The first kappa shape index (κ1) is 13.9. The summed E-state index contributed by atoms with van der Waals surface area (Å²) in [6, 6.07) is 6.02. The van der Waals surface area contributed by atoms with Gasteiger partial charge in [0.05, 0.1) is 15.6 Å². The van der Waals surface area contributed by atoms with Crippen molar-refractivity contribution in [2.45, 2.75) is 25.7 Å². The zero-order valence-electron chi connectivity index (χ0n) is 9.52. The molecule has 0 aromatic heterocycles. The van der Waals surface area contributed by atoms with Crippen LogP contribution >= 0.6 is 47.8 Å². The lowest BCUT2D eigenvalue weighted by atomic mass is 9.90. The highest BCUT2D eigenvalue weighted by molar-refractivity contribution is 9.11. The molecule has 4 heteroatoms. The summed E-state index contributed by atoms with van der Waals surface area (Å²) in [7, 11) is 0. The molecule has 1 aromatic rings. The highest BCUT2D eigenvalue weighted by Crippen LogP contribution is 2.41. The van der Waals surface area contributed by atoms with Crippen LogP contribution in [0.1, 0.15) is 25.7 Å². The van der Waals surface area contributed by atoms with Crippen LogP contribution in [0.15, 0.2) is 27.1 Å². The second-order valence-electron chi connectivity index (χ2n) is 4.68. The van der Waals surface area contributed by atoms with Crippen molar-refractivity contribution < 1.29 is 4.74 Å². The SMILES string of the molecule is BrCC1(COc2c(Br)cccc2Br)CCCC1. The number of hydrogen-bond donors (Lipinski definition) is 0. The summed E-state index contributed by atoms with van der Waals surface area (Å²) in [5.41, 5.74) is 0.328. The van der Waals surface area contributed by atoms with E-state index in [0.717, 1.165) is 26.6 Å². The molecular formula is C13H15Br3O. The third-order valence-electron chi connectivity index (χ3n) is 3.39. The Labute approximate surface area is 128 Å². The third-order valence-corrected chi connectivity index (χ3v) is 5.83. The normalized spacial score (nSPS) is 18.3. The smallest absolute Gasteiger partial charge is 0.147 e. The molecule has 2 rings (SSSR count). The zero-order chi connectivity index (χ0) is 12.3. The molecule has 0 aliphatic heterocycles. The van der Waals surface area contributed by atoms with Gasteiger partial charge in [-0.25, -0.2) is 0 Å². The first-order valence-corrected chi connectivity index (χ1v) is 8.50. The van der Waals surface area contributed by atoms with E-state index >= 15 is 0 Å². The van der Waals surface area contributed by atoms with Crippen LogP contribution < -0.4 is 4.74 Å². The summed E-state index contributed by atoms with van der Waals surface area (Å²) in [5, 5.41) is 1.03. The van der Waals surface area contributed by atoms with Gasteiger partial charge in [-0.1, -0.05) is 34.8 Å². The lowest BCUT2D eigenvalue weighted by Gasteiger charge is -2.27. The molecule has 17 heavy (non-hydrogen) atoms. The molecular weight excluding hydrogens is 412 g/mol. The summed E-state index contributed by atoms with van der Waals surface area (Å²) < 4.78 is 8.04. The monoisotopic (exact) mass is 424 g/mol. The second kappa shape index (κ2) is 6.07. The Balaban J connectivity index is 2.06. The highest BCUT2D eigenvalue weighted by atomic mass is 79.9. The number of benzene rings is 1. The maximum atomic E-state index is 6.02. The summed E-state index contributed by atoms with van der Waals surface area (Å²) in [5.74, 6) is 0.916. The molecule has 1 aromatic carbocycles. The molecule has 0 atom stereocenters. The number of hydrogen-bond acceptors (Lipinski definition) is 1. The van der Waals surface area contributed by atoms with Crippen molar-refractivity contribution in [3.8, 4) is 5.75 Å². The van der Waals surface area contributed by atoms with Crippen molar-refractivity contribution in [1.82, 2.24) is 0 Å². The predicted octanol–water partition coefficient (Wildman–Crippen LogP) is 5.55. The van der Waals surface area contributed by atoms with Gasteiger partial charge in [0.15, 0.2) is 0 Å². The maximum absolute atomic E-state index is 6.02. The number of alkyl halides is 1. The summed E-state index contributed by atoms with van der Waals surface area (Å²) >= 11 is 10.7. The summed E-state index contributed by atoms with van der Waals surface area (Å²) in [6.07, 6.45) is 5.18. The lowest BCUT2D eigenvalue weighted by molar-refractivity contribution is 0.172. The molecule has 0 saturated heterocycles. The summed E-state index contributed by atoms with van der Waals surface area (Å²) in [6.45, 7) is 0.791. The minimum Gasteiger partial charge on any atom is -0.491 e. The van der Waals surface area contributed by atoms with Gasteiger partial charge < -0.3 is 4.74 Å². The van der Waals surface area contributed by atoms with E-state index in [1.807, 2.05) is 18.2 Å². The van der Waals surface area contributed by atoms with E-state index in [1.54, 1.807) is 0 Å². The predicted molar refractivity (Wildman–Crippen MR) is 82.0 cm³/mol. The van der Waals surface area contributed by atoms with E-state index in [2.05, 4.69) is 47.8 Å².